The van der Waals surface area contributed by atoms with Gasteiger partial charge in [-0.2, -0.15) is 5.26 Å². The van der Waals surface area contributed by atoms with Crippen molar-refractivity contribution in [2.45, 2.75) is 57.0 Å². The number of ether oxygens (including phenoxy) is 1. The van der Waals surface area contributed by atoms with E-state index < -0.39 is 5.54 Å². The lowest BCUT2D eigenvalue weighted by atomic mass is 9.70. The number of nitrogens with zero attached hydrogens (tertiary/aromatic N) is 3. The molecule has 0 aromatic heterocycles. The molecule has 33 heavy (non-hydrogen) atoms. The van der Waals surface area contributed by atoms with Crippen LogP contribution in [0.15, 0.2) is 42.5 Å². The maximum atomic E-state index is 13.5. The van der Waals surface area contributed by atoms with Crippen molar-refractivity contribution in [2.24, 2.45) is 5.92 Å². The van der Waals surface area contributed by atoms with E-state index in [0.29, 0.717) is 30.2 Å². The van der Waals surface area contributed by atoms with Crippen LogP contribution in [0.2, 0.25) is 0 Å². The number of hydrogen-bond acceptors (Lipinski definition) is 4. The topological polar surface area (TPSA) is 73.6 Å². The van der Waals surface area contributed by atoms with Gasteiger partial charge < -0.3 is 9.64 Å². The molecule has 5 rings (SSSR count). The Morgan fingerprint density at radius 3 is 2.58 bits per heavy atom. The number of amides is 3. The molecule has 3 aliphatic rings. The van der Waals surface area contributed by atoms with Gasteiger partial charge in [0.05, 0.1) is 24.8 Å². The van der Waals surface area contributed by atoms with Crippen molar-refractivity contribution in [1.29, 1.82) is 5.26 Å². The molecular formula is C27H29N3O3. The Kier molecular flexibility index (Phi) is 5.36. The van der Waals surface area contributed by atoms with Gasteiger partial charge in [-0.1, -0.05) is 31.2 Å². The number of likely N-dealkylation sites (N-methyl/N-ethyl adjacent to an activating group) is 1. The number of carbonyl (C=O) groups excluding carboxylic acids is 2. The molecule has 0 bridgehead atoms. The molecule has 2 fully saturated rings. The second-order valence-corrected chi connectivity index (χ2v) is 9.66. The van der Waals surface area contributed by atoms with E-state index in [1.165, 1.54) is 16.0 Å². The van der Waals surface area contributed by atoms with Gasteiger partial charge in [0, 0.05) is 13.5 Å². The first-order chi connectivity index (χ1) is 15.9. The summed E-state index contributed by atoms with van der Waals surface area (Å²) in [7, 11) is 1.76. The quantitative estimate of drug-likeness (QED) is 0.647. The van der Waals surface area contributed by atoms with E-state index in [1.54, 1.807) is 24.1 Å². The van der Waals surface area contributed by atoms with Crippen LogP contribution in [0, 0.1) is 17.2 Å². The standard InChI is InChI=1S/C27H29N3O3/c1-18(23-8-7-22-11-14-33-24(22)15-23)21-9-12-27(13-10-21)25(31)30(26(32)29(27)2)17-20-5-3-19(16-28)4-6-20/h3-8,15,18,21H,9-14,17H2,1-2H3. The van der Waals surface area contributed by atoms with E-state index in [2.05, 4.69) is 31.2 Å². The molecule has 1 aliphatic carbocycles. The van der Waals surface area contributed by atoms with E-state index in [9.17, 15) is 9.59 Å². The van der Waals surface area contributed by atoms with Crippen LogP contribution >= 0.6 is 0 Å². The van der Waals surface area contributed by atoms with Crippen molar-refractivity contribution < 1.29 is 14.3 Å². The lowest BCUT2D eigenvalue weighted by Crippen LogP contribution is -2.50. The second kappa shape index (κ2) is 8.22. The van der Waals surface area contributed by atoms with Gasteiger partial charge >= 0.3 is 6.03 Å². The number of urea groups is 1. The molecule has 6 heteroatoms. The molecule has 1 atom stereocenters. The molecule has 0 radical (unpaired) electrons. The number of rotatable bonds is 4. The zero-order valence-electron chi connectivity index (χ0n) is 19.2. The summed E-state index contributed by atoms with van der Waals surface area (Å²) in [6.45, 7) is 3.27. The van der Waals surface area contributed by atoms with E-state index in [-0.39, 0.29) is 18.5 Å². The Hall–Kier alpha value is -3.33. The SMILES string of the molecule is CC(c1ccc2c(c1)OCC2)C1CCC2(CC1)C(=O)N(Cc1ccc(C#N)cc1)C(=O)N2C. The van der Waals surface area contributed by atoms with Crippen LogP contribution in [0.4, 0.5) is 4.79 Å². The highest BCUT2D eigenvalue weighted by Crippen LogP contribution is 2.46. The average molecular weight is 444 g/mol. The Morgan fingerprint density at radius 1 is 1.15 bits per heavy atom. The van der Waals surface area contributed by atoms with Crippen LogP contribution < -0.4 is 4.74 Å². The van der Waals surface area contributed by atoms with Gasteiger partial charge in [-0.25, -0.2) is 4.79 Å². The monoisotopic (exact) mass is 443 g/mol. The van der Waals surface area contributed by atoms with Gasteiger partial charge in [0.2, 0.25) is 0 Å². The maximum Gasteiger partial charge on any atom is 0.327 e. The average Bonchev–Trinajstić information content (AvgIpc) is 3.39. The van der Waals surface area contributed by atoms with Gasteiger partial charge in [-0.3, -0.25) is 9.69 Å². The first-order valence-corrected chi connectivity index (χ1v) is 11.8. The zero-order chi connectivity index (χ0) is 23.2. The predicted molar refractivity (Wildman–Crippen MR) is 124 cm³/mol. The third-order valence-corrected chi connectivity index (χ3v) is 8.04. The van der Waals surface area contributed by atoms with Crippen molar-refractivity contribution in [3.63, 3.8) is 0 Å². The molecule has 1 saturated carbocycles. The van der Waals surface area contributed by atoms with Crippen LogP contribution in [-0.4, -0.2) is 40.9 Å². The second-order valence-electron chi connectivity index (χ2n) is 9.66. The van der Waals surface area contributed by atoms with Gasteiger partial charge in [-0.15, -0.1) is 0 Å². The van der Waals surface area contributed by atoms with Gasteiger partial charge in [0.1, 0.15) is 11.3 Å². The summed E-state index contributed by atoms with van der Waals surface area (Å²) in [5, 5.41) is 8.99. The minimum Gasteiger partial charge on any atom is -0.493 e. The smallest absolute Gasteiger partial charge is 0.327 e. The highest BCUT2D eigenvalue weighted by Gasteiger charge is 2.56. The van der Waals surface area contributed by atoms with Crippen molar-refractivity contribution in [2.75, 3.05) is 13.7 Å². The first kappa shape index (κ1) is 21.5. The maximum absolute atomic E-state index is 13.5. The first-order valence-electron chi connectivity index (χ1n) is 11.8. The number of imide groups is 1. The Bertz CT molecular complexity index is 1130. The molecule has 1 saturated heterocycles. The summed E-state index contributed by atoms with van der Waals surface area (Å²) >= 11 is 0. The van der Waals surface area contributed by atoms with Crippen LogP contribution in [0.1, 0.15) is 60.8 Å². The molecule has 2 heterocycles. The molecule has 170 valence electrons. The Labute approximate surface area is 194 Å². The predicted octanol–water partition coefficient (Wildman–Crippen LogP) is 4.62. The molecule has 6 nitrogen and oxygen atoms in total. The molecule has 2 aliphatic heterocycles. The van der Waals surface area contributed by atoms with E-state index in [1.807, 2.05) is 12.1 Å². The van der Waals surface area contributed by atoms with Crippen LogP contribution in [-0.2, 0) is 17.8 Å². The minimum atomic E-state index is -0.735. The van der Waals surface area contributed by atoms with Crippen molar-refractivity contribution in [1.82, 2.24) is 9.80 Å². The summed E-state index contributed by atoms with van der Waals surface area (Å²) in [5.74, 6) is 1.78. The number of carbonyl (C=O) groups is 2. The summed E-state index contributed by atoms with van der Waals surface area (Å²) in [6, 6.07) is 15.5. The highest BCUT2D eigenvalue weighted by molar-refractivity contribution is 6.06. The lowest BCUT2D eigenvalue weighted by molar-refractivity contribution is -0.135. The lowest BCUT2D eigenvalue weighted by Gasteiger charge is -2.41. The number of fused-ring (bicyclic) bond motifs is 1. The Balaban J connectivity index is 1.28. The van der Waals surface area contributed by atoms with Gasteiger partial charge in [0.25, 0.3) is 5.91 Å². The third-order valence-electron chi connectivity index (χ3n) is 8.04. The fourth-order valence-electron chi connectivity index (χ4n) is 5.76. The molecule has 1 spiro atoms. The number of benzene rings is 2. The summed E-state index contributed by atoms with van der Waals surface area (Å²) < 4.78 is 5.76. The zero-order valence-corrected chi connectivity index (χ0v) is 19.2. The van der Waals surface area contributed by atoms with E-state index in [0.717, 1.165) is 37.2 Å². The largest absolute Gasteiger partial charge is 0.493 e. The van der Waals surface area contributed by atoms with Crippen molar-refractivity contribution in [3.8, 4) is 11.8 Å². The van der Waals surface area contributed by atoms with Crippen LogP contribution in [0.5, 0.6) is 5.75 Å². The van der Waals surface area contributed by atoms with Crippen LogP contribution in [0.25, 0.3) is 0 Å². The number of hydrogen-bond donors (Lipinski definition) is 0. The Morgan fingerprint density at radius 2 is 1.88 bits per heavy atom. The van der Waals surface area contributed by atoms with Gasteiger partial charge in [0.15, 0.2) is 0 Å². The molecule has 0 N–H and O–H groups in total. The van der Waals surface area contributed by atoms with E-state index >= 15 is 0 Å². The third kappa shape index (κ3) is 3.56. The summed E-state index contributed by atoms with van der Waals surface area (Å²) in [5.41, 5.74) is 3.26. The highest BCUT2D eigenvalue weighted by atomic mass is 16.5. The van der Waals surface area contributed by atoms with Crippen LogP contribution in [0.3, 0.4) is 0 Å². The molecule has 2 aromatic rings. The number of nitriles is 1. The van der Waals surface area contributed by atoms with E-state index in [4.69, 9.17) is 10.00 Å². The molecule has 3 amide bonds. The minimum absolute atomic E-state index is 0.0867. The summed E-state index contributed by atoms with van der Waals surface area (Å²) in [4.78, 5) is 29.6. The van der Waals surface area contributed by atoms with Crippen molar-refractivity contribution >= 4 is 11.9 Å². The molecule has 2 aromatic carbocycles. The molecular weight excluding hydrogens is 414 g/mol. The summed E-state index contributed by atoms with van der Waals surface area (Å²) in [6.07, 6.45) is 4.18. The normalized spacial score (nSPS) is 25.2. The van der Waals surface area contributed by atoms with Gasteiger partial charge in [-0.05, 0) is 72.4 Å². The molecule has 1 unspecified atom stereocenters. The fraction of sp³-hybridized carbons (Fsp3) is 0.444. The van der Waals surface area contributed by atoms with Crippen molar-refractivity contribution in [3.05, 3.63) is 64.7 Å². The fourth-order valence-corrected chi connectivity index (χ4v) is 5.76.